The van der Waals surface area contributed by atoms with Crippen LogP contribution >= 0.6 is 11.3 Å². The second kappa shape index (κ2) is 4.88. The van der Waals surface area contributed by atoms with Gasteiger partial charge in [-0.25, -0.2) is 4.98 Å². The number of carbonyl (C=O) groups is 1. The Hall–Kier alpha value is -1.10. The summed E-state index contributed by atoms with van der Waals surface area (Å²) in [5, 5.41) is 12.1. The first-order valence-corrected chi connectivity index (χ1v) is 7.30. The first-order chi connectivity index (χ1) is 8.46. The lowest BCUT2D eigenvalue weighted by Gasteiger charge is -2.21. The molecule has 0 bridgehead atoms. The Morgan fingerprint density at radius 1 is 1.61 bits per heavy atom. The van der Waals surface area contributed by atoms with Crippen LogP contribution in [0.3, 0.4) is 0 Å². The third-order valence-electron chi connectivity index (χ3n) is 3.36. The van der Waals surface area contributed by atoms with Crippen LogP contribution in [0.5, 0.6) is 0 Å². The summed E-state index contributed by atoms with van der Waals surface area (Å²) in [5.74, 6) is -0.826. The quantitative estimate of drug-likeness (QED) is 0.862. The molecule has 1 saturated carbocycles. The second-order valence-electron chi connectivity index (χ2n) is 5.37. The van der Waals surface area contributed by atoms with E-state index < -0.39 is 11.4 Å². The molecular weight excluding hydrogens is 248 g/mol. The highest BCUT2D eigenvalue weighted by Crippen LogP contribution is 2.35. The number of carboxylic acid groups (broad SMARTS) is 1. The minimum Gasteiger partial charge on any atom is -0.481 e. The Morgan fingerprint density at radius 3 is 2.78 bits per heavy atom. The van der Waals surface area contributed by atoms with E-state index >= 15 is 0 Å². The molecule has 0 spiro atoms. The van der Waals surface area contributed by atoms with Crippen LogP contribution in [0.15, 0.2) is 5.38 Å². The van der Waals surface area contributed by atoms with Crippen LogP contribution in [0.2, 0.25) is 0 Å². The van der Waals surface area contributed by atoms with E-state index in [2.05, 4.69) is 16.8 Å². The number of aliphatic carboxylic acids is 1. The number of hydrogen-bond donors (Lipinski definition) is 1. The number of thiazole rings is 1. The molecule has 100 valence electrons. The van der Waals surface area contributed by atoms with Gasteiger partial charge in [-0.3, -0.25) is 4.79 Å². The van der Waals surface area contributed by atoms with Crippen molar-refractivity contribution >= 4 is 22.4 Å². The number of aromatic nitrogens is 1. The molecule has 1 aliphatic carbocycles. The molecule has 4 nitrogen and oxygen atoms in total. The highest BCUT2D eigenvalue weighted by molar-refractivity contribution is 7.13. The van der Waals surface area contributed by atoms with Gasteiger partial charge in [0.25, 0.3) is 0 Å². The van der Waals surface area contributed by atoms with Gasteiger partial charge in [0, 0.05) is 18.0 Å². The van der Waals surface area contributed by atoms with Gasteiger partial charge < -0.3 is 10.0 Å². The largest absolute Gasteiger partial charge is 0.481 e. The predicted octanol–water partition coefficient (Wildman–Crippen LogP) is 2.88. The van der Waals surface area contributed by atoms with Crippen molar-refractivity contribution in [3.63, 3.8) is 0 Å². The van der Waals surface area contributed by atoms with E-state index in [-0.39, 0.29) is 0 Å². The smallest absolute Gasteiger partial charge is 0.315 e. The molecule has 2 rings (SSSR count). The third-order valence-corrected chi connectivity index (χ3v) is 4.24. The minimum absolute atomic E-state index is 0.622. The zero-order chi connectivity index (χ0) is 13.3. The normalized spacial score (nSPS) is 15.7. The second-order valence-corrected chi connectivity index (χ2v) is 6.21. The maximum absolute atomic E-state index is 11.2. The predicted molar refractivity (Wildman–Crippen MR) is 73.4 cm³/mol. The van der Waals surface area contributed by atoms with Crippen molar-refractivity contribution < 1.29 is 9.90 Å². The fourth-order valence-electron chi connectivity index (χ4n) is 1.85. The lowest BCUT2D eigenvalue weighted by atomic mass is 9.90. The van der Waals surface area contributed by atoms with Crippen molar-refractivity contribution in [2.24, 2.45) is 0 Å². The zero-order valence-electron chi connectivity index (χ0n) is 11.1. The molecule has 5 heteroatoms. The molecule has 1 N–H and O–H groups in total. The summed E-state index contributed by atoms with van der Waals surface area (Å²) < 4.78 is 0. The summed E-state index contributed by atoms with van der Waals surface area (Å²) in [4.78, 5) is 18.1. The van der Waals surface area contributed by atoms with Gasteiger partial charge in [-0.2, -0.15) is 0 Å². The third kappa shape index (κ3) is 2.51. The van der Waals surface area contributed by atoms with E-state index in [1.165, 1.54) is 12.8 Å². The van der Waals surface area contributed by atoms with E-state index in [4.69, 9.17) is 0 Å². The average molecular weight is 268 g/mol. The Labute approximate surface area is 112 Å². The molecular formula is C13H20N2O2S. The van der Waals surface area contributed by atoms with Crippen molar-refractivity contribution in [3.05, 3.63) is 11.1 Å². The van der Waals surface area contributed by atoms with Crippen LogP contribution in [0.1, 0.15) is 45.7 Å². The van der Waals surface area contributed by atoms with Crippen LogP contribution in [-0.4, -0.2) is 28.6 Å². The van der Waals surface area contributed by atoms with Crippen LogP contribution in [-0.2, 0) is 10.2 Å². The molecule has 0 aromatic carbocycles. The summed E-state index contributed by atoms with van der Waals surface area (Å²) in [6.45, 7) is 6.57. The van der Waals surface area contributed by atoms with Gasteiger partial charge in [-0.1, -0.05) is 6.92 Å². The molecule has 1 fully saturated rings. The molecule has 1 heterocycles. The Morgan fingerprint density at radius 2 is 2.28 bits per heavy atom. The number of rotatable bonds is 6. The Bertz CT molecular complexity index is 438. The standard InChI is InChI=1S/C13H20N2O2S/c1-4-7-15(9-5-6-9)12-14-10(8-18-12)13(2,3)11(16)17/h8-9H,4-7H2,1-3H3,(H,16,17). The Kier molecular flexibility index (Phi) is 3.61. The van der Waals surface area contributed by atoms with Gasteiger partial charge in [-0.15, -0.1) is 11.3 Å². The zero-order valence-corrected chi connectivity index (χ0v) is 12.0. The molecule has 0 amide bonds. The molecule has 18 heavy (non-hydrogen) atoms. The topological polar surface area (TPSA) is 53.4 Å². The molecule has 0 unspecified atom stereocenters. The molecule has 0 aliphatic heterocycles. The summed E-state index contributed by atoms with van der Waals surface area (Å²) >= 11 is 1.56. The fourth-order valence-corrected chi connectivity index (χ4v) is 2.95. The summed E-state index contributed by atoms with van der Waals surface area (Å²) in [5.41, 5.74) is -0.243. The van der Waals surface area contributed by atoms with Crippen molar-refractivity contribution in [1.29, 1.82) is 0 Å². The van der Waals surface area contributed by atoms with Crippen molar-refractivity contribution in [2.45, 2.75) is 51.5 Å². The first kappa shape index (κ1) is 13.3. The van der Waals surface area contributed by atoms with E-state index in [1.807, 2.05) is 5.38 Å². The van der Waals surface area contributed by atoms with Crippen molar-refractivity contribution in [2.75, 3.05) is 11.4 Å². The average Bonchev–Trinajstić information content (AvgIpc) is 3.02. The number of anilines is 1. The molecule has 0 saturated heterocycles. The molecule has 1 aromatic rings. The minimum atomic E-state index is -0.907. The molecule has 0 atom stereocenters. The summed E-state index contributed by atoms with van der Waals surface area (Å²) in [6, 6.07) is 0.622. The van der Waals surface area contributed by atoms with E-state index in [1.54, 1.807) is 25.2 Å². The van der Waals surface area contributed by atoms with E-state index in [9.17, 15) is 9.90 Å². The fraction of sp³-hybridized carbons (Fsp3) is 0.692. The van der Waals surface area contributed by atoms with E-state index in [0.717, 1.165) is 18.1 Å². The van der Waals surface area contributed by atoms with Gasteiger partial charge in [0.15, 0.2) is 5.13 Å². The highest BCUT2D eigenvalue weighted by Gasteiger charge is 2.35. The SMILES string of the molecule is CCCN(c1nc(C(C)(C)C(=O)O)cs1)C1CC1. The van der Waals surface area contributed by atoms with E-state index in [0.29, 0.717) is 11.7 Å². The first-order valence-electron chi connectivity index (χ1n) is 6.43. The number of hydrogen-bond acceptors (Lipinski definition) is 4. The lowest BCUT2D eigenvalue weighted by molar-refractivity contribution is -0.142. The molecule has 1 aromatic heterocycles. The van der Waals surface area contributed by atoms with Crippen molar-refractivity contribution in [3.8, 4) is 0 Å². The monoisotopic (exact) mass is 268 g/mol. The van der Waals surface area contributed by atoms with Gasteiger partial charge in [0.05, 0.1) is 5.69 Å². The highest BCUT2D eigenvalue weighted by atomic mass is 32.1. The van der Waals surface area contributed by atoms with Gasteiger partial charge in [-0.05, 0) is 33.1 Å². The summed E-state index contributed by atoms with van der Waals surface area (Å²) in [6.07, 6.45) is 3.56. The lowest BCUT2D eigenvalue weighted by Crippen LogP contribution is -2.30. The van der Waals surface area contributed by atoms with Crippen LogP contribution in [0.4, 0.5) is 5.13 Å². The van der Waals surface area contributed by atoms with Gasteiger partial charge in [0.1, 0.15) is 5.41 Å². The maximum Gasteiger partial charge on any atom is 0.315 e. The number of nitrogens with zero attached hydrogens (tertiary/aromatic N) is 2. The summed E-state index contributed by atoms with van der Waals surface area (Å²) in [7, 11) is 0. The molecule has 1 aliphatic rings. The van der Waals surface area contributed by atoms with Crippen LogP contribution in [0, 0.1) is 0 Å². The van der Waals surface area contributed by atoms with Gasteiger partial charge in [0.2, 0.25) is 0 Å². The maximum atomic E-state index is 11.2. The Balaban J connectivity index is 2.21. The van der Waals surface area contributed by atoms with Crippen LogP contribution in [0.25, 0.3) is 0 Å². The van der Waals surface area contributed by atoms with Gasteiger partial charge >= 0.3 is 5.97 Å². The van der Waals surface area contributed by atoms with Crippen molar-refractivity contribution in [1.82, 2.24) is 4.98 Å². The molecule has 0 radical (unpaired) electrons. The number of carboxylic acids is 1. The van der Waals surface area contributed by atoms with Crippen LogP contribution < -0.4 is 4.90 Å².